The summed E-state index contributed by atoms with van der Waals surface area (Å²) >= 11 is 0. The van der Waals surface area contributed by atoms with Crippen LogP contribution >= 0.6 is 0 Å². The number of carbonyl (C=O) groups is 1. The minimum atomic E-state index is -0.479. The van der Waals surface area contributed by atoms with Crippen molar-refractivity contribution in [2.24, 2.45) is 0 Å². The Labute approximate surface area is 151 Å². The van der Waals surface area contributed by atoms with Crippen molar-refractivity contribution in [3.63, 3.8) is 0 Å². The molecule has 0 aliphatic heterocycles. The highest BCUT2D eigenvalue weighted by Gasteiger charge is 2.11. The molecule has 1 N–H and O–H groups in total. The highest BCUT2D eigenvalue weighted by Crippen LogP contribution is 2.28. The Kier molecular flexibility index (Phi) is 6.32. The van der Waals surface area contributed by atoms with Gasteiger partial charge in [-0.15, -0.1) is 0 Å². The minimum absolute atomic E-state index is 0.0386. The summed E-state index contributed by atoms with van der Waals surface area (Å²) in [6.45, 7) is 4.01. The Morgan fingerprint density at radius 1 is 1.23 bits per heavy atom. The molecule has 1 amide bonds. The van der Waals surface area contributed by atoms with Crippen LogP contribution in [0.1, 0.15) is 18.1 Å². The third-order valence-corrected chi connectivity index (χ3v) is 3.59. The maximum absolute atomic E-state index is 12.1. The number of carbonyl (C=O) groups excluding carboxylic acids is 1. The fourth-order valence-electron chi connectivity index (χ4n) is 2.30. The maximum Gasteiger partial charge on any atom is 0.274 e. The summed E-state index contributed by atoms with van der Waals surface area (Å²) in [6, 6.07) is 9.86. The first-order valence-corrected chi connectivity index (χ1v) is 7.99. The zero-order valence-corrected chi connectivity index (χ0v) is 14.8. The number of nitro groups is 1. The average molecular weight is 356 g/mol. The molecule has 26 heavy (non-hydrogen) atoms. The summed E-state index contributed by atoms with van der Waals surface area (Å²) in [5.41, 5.74) is 1.62. The zero-order valence-electron chi connectivity index (χ0n) is 14.8. The van der Waals surface area contributed by atoms with Gasteiger partial charge in [0.15, 0.2) is 11.5 Å². The van der Waals surface area contributed by atoms with Crippen molar-refractivity contribution in [3.8, 4) is 11.5 Å². The van der Waals surface area contributed by atoms with E-state index in [0.29, 0.717) is 29.4 Å². The smallest absolute Gasteiger partial charge is 0.274 e. The van der Waals surface area contributed by atoms with E-state index >= 15 is 0 Å². The zero-order chi connectivity index (χ0) is 19.1. The SMILES string of the molecule is CCOc1cc(/C=C/C(=O)Nc2ccc(C)c([N+](=O)[O-])c2)ccc1OC. The van der Waals surface area contributed by atoms with Gasteiger partial charge in [-0.25, -0.2) is 0 Å². The number of amides is 1. The Morgan fingerprint density at radius 3 is 2.65 bits per heavy atom. The highest BCUT2D eigenvalue weighted by molar-refractivity contribution is 6.02. The van der Waals surface area contributed by atoms with E-state index in [2.05, 4.69) is 5.32 Å². The molecule has 0 atom stereocenters. The molecule has 2 aromatic rings. The lowest BCUT2D eigenvalue weighted by atomic mass is 10.1. The van der Waals surface area contributed by atoms with Gasteiger partial charge in [-0.1, -0.05) is 12.1 Å². The topological polar surface area (TPSA) is 90.7 Å². The van der Waals surface area contributed by atoms with Crippen molar-refractivity contribution in [3.05, 3.63) is 63.7 Å². The van der Waals surface area contributed by atoms with Gasteiger partial charge in [0.05, 0.1) is 18.6 Å². The molecule has 0 aliphatic carbocycles. The summed E-state index contributed by atoms with van der Waals surface area (Å²) < 4.78 is 10.7. The highest BCUT2D eigenvalue weighted by atomic mass is 16.6. The van der Waals surface area contributed by atoms with Crippen molar-refractivity contribution in [1.29, 1.82) is 0 Å². The summed E-state index contributed by atoms with van der Waals surface area (Å²) in [5.74, 6) is 0.809. The van der Waals surface area contributed by atoms with Crippen LogP contribution in [0.5, 0.6) is 11.5 Å². The Hall–Kier alpha value is -3.35. The van der Waals surface area contributed by atoms with E-state index in [1.165, 1.54) is 12.1 Å². The second-order valence-electron chi connectivity index (χ2n) is 5.42. The number of nitrogens with zero attached hydrogens (tertiary/aromatic N) is 1. The van der Waals surface area contributed by atoms with Crippen molar-refractivity contribution >= 4 is 23.4 Å². The van der Waals surface area contributed by atoms with Crippen LogP contribution in [0.25, 0.3) is 6.08 Å². The second-order valence-corrected chi connectivity index (χ2v) is 5.42. The molecule has 0 saturated carbocycles. The minimum Gasteiger partial charge on any atom is -0.493 e. The first-order chi connectivity index (χ1) is 12.4. The normalized spacial score (nSPS) is 10.6. The fraction of sp³-hybridized carbons (Fsp3) is 0.211. The molecule has 7 heteroatoms. The van der Waals surface area contributed by atoms with E-state index in [9.17, 15) is 14.9 Å². The summed E-state index contributed by atoms with van der Waals surface area (Å²) in [6.07, 6.45) is 2.98. The van der Waals surface area contributed by atoms with Gasteiger partial charge in [0, 0.05) is 23.4 Å². The molecule has 0 aliphatic rings. The summed E-state index contributed by atoms with van der Waals surface area (Å²) in [4.78, 5) is 22.5. The standard InChI is InChI=1S/C19H20N2O5/c1-4-26-18-11-14(6-9-17(18)25-3)7-10-19(22)20-15-8-5-13(2)16(12-15)21(23)24/h5-12H,4H2,1-3H3,(H,20,22)/b10-7+. The van der Waals surface area contributed by atoms with Crippen molar-refractivity contribution in [2.75, 3.05) is 19.0 Å². The van der Waals surface area contributed by atoms with Gasteiger partial charge in [-0.2, -0.15) is 0 Å². The molecule has 0 spiro atoms. The van der Waals surface area contributed by atoms with E-state index in [-0.39, 0.29) is 5.69 Å². The van der Waals surface area contributed by atoms with Crippen LogP contribution in [-0.2, 0) is 4.79 Å². The van der Waals surface area contributed by atoms with E-state index in [1.807, 2.05) is 6.92 Å². The number of benzene rings is 2. The largest absolute Gasteiger partial charge is 0.493 e. The van der Waals surface area contributed by atoms with Gasteiger partial charge in [-0.3, -0.25) is 14.9 Å². The fourth-order valence-corrected chi connectivity index (χ4v) is 2.30. The molecule has 2 aromatic carbocycles. The third kappa shape index (κ3) is 4.83. The summed E-state index contributed by atoms with van der Waals surface area (Å²) in [7, 11) is 1.56. The van der Waals surface area contributed by atoms with Crippen LogP contribution in [0.4, 0.5) is 11.4 Å². The molecule has 0 unspecified atom stereocenters. The number of hydrogen-bond donors (Lipinski definition) is 1. The lowest BCUT2D eigenvalue weighted by molar-refractivity contribution is -0.385. The molecule has 0 bridgehead atoms. The van der Waals surface area contributed by atoms with Crippen LogP contribution in [0.2, 0.25) is 0 Å². The van der Waals surface area contributed by atoms with Crippen LogP contribution < -0.4 is 14.8 Å². The number of methoxy groups -OCH3 is 1. The predicted octanol–water partition coefficient (Wildman–Crippen LogP) is 3.96. The lowest BCUT2D eigenvalue weighted by Gasteiger charge is -2.09. The van der Waals surface area contributed by atoms with Crippen molar-refractivity contribution in [2.45, 2.75) is 13.8 Å². The quantitative estimate of drug-likeness (QED) is 0.461. The van der Waals surface area contributed by atoms with Gasteiger partial charge in [-0.05, 0) is 43.7 Å². The molecule has 7 nitrogen and oxygen atoms in total. The molecular formula is C19H20N2O5. The van der Waals surface area contributed by atoms with Crippen LogP contribution in [0.3, 0.4) is 0 Å². The molecule has 2 rings (SSSR count). The molecule has 136 valence electrons. The number of anilines is 1. The van der Waals surface area contributed by atoms with Crippen LogP contribution in [0, 0.1) is 17.0 Å². The number of ether oxygens (including phenoxy) is 2. The third-order valence-electron chi connectivity index (χ3n) is 3.59. The molecule has 0 heterocycles. The van der Waals surface area contributed by atoms with E-state index in [1.54, 1.807) is 50.4 Å². The van der Waals surface area contributed by atoms with E-state index < -0.39 is 10.8 Å². The Morgan fingerprint density at radius 2 is 2.00 bits per heavy atom. The maximum atomic E-state index is 12.1. The van der Waals surface area contributed by atoms with Crippen molar-refractivity contribution < 1.29 is 19.2 Å². The van der Waals surface area contributed by atoms with Crippen LogP contribution in [0.15, 0.2) is 42.5 Å². The number of nitro benzene ring substituents is 1. The van der Waals surface area contributed by atoms with Gasteiger partial charge >= 0.3 is 0 Å². The van der Waals surface area contributed by atoms with E-state index in [0.717, 1.165) is 5.56 Å². The molecular weight excluding hydrogens is 336 g/mol. The molecule has 0 fully saturated rings. The monoisotopic (exact) mass is 356 g/mol. The first kappa shape index (κ1) is 19.0. The van der Waals surface area contributed by atoms with Gasteiger partial charge in [0.25, 0.3) is 5.69 Å². The molecule has 0 aromatic heterocycles. The average Bonchev–Trinajstić information content (AvgIpc) is 2.62. The van der Waals surface area contributed by atoms with Gasteiger partial charge < -0.3 is 14.8 Å². The lowest BCUT2D eigenvalue weighted by Crippen LogP contribution is -2.08. The number of nitrogens with one attached hydrogen (secondary N) is 1. The Balaban J connectivity index is 2.11. The predicted molar refractivity (Wildman–Crippen MR) is 99.7 cm³/mol. The molecule has 0 saturated heterocycles. The number of aryl methyl sites for hydroxylation is 1. The Bertz CT molecular complexity index is 846. The van der Waals surface area contributed by atoms with Gasteiger partial charge in [0.1, 0.15) is 0 Å². The van der Waals surface area contributed by atoms with Crippen LogP contribution in [-0.4, -0.2) is 24.5 Å². The van der Waals surface area contributed by atoms with E-state index in [4.69, 9.17) is 9.47 Å². The van der Waals surface area contributed by atoms with Gasteiger partial charge in [0.2, 0.25) is 5.91 Å². The number of rotatable bonds is 7. The second kappa shape index (κ2) is 8.66. The summed E-state index contributed by atoms with van der Waals surface area (Å²) in [5, 5.41) is 13.6. The molecule has 0 radical (unpaired) electrons. The van der Waals surface area contributed by atoms with Crippen molar-refractivity contribution in [1.82, 2.24) is 0 Å². The number of hydrogen-bond acceptors (Lipinski definition) is 5. The first-order valence-electron chi connectivity index (χ1n) is 7.99.